The van der Waals surface area contributed by atoms with E-state index in [0.29, 0.717) is 23.7 Å². The van der Waals surface area contributed by atoms with Crippen LogP contribution in [0.2, 0.25) is 0 Å². The summed E-state index contributed by atoms with van der Waals surface area (Å²) in [4.78, 5) is 17.5. The lowest BCUT2D eigenvalue weighted by Crippen LogP contribution is -2.35. The molecule has 0 spiro atoms. The molecule has 8 nitrogen and oxygen atoms in total. The highest BCUT2D eigenvalue weighted by molar-refractivity contribution is 6.04. The van der Waals surface area contributed by atoms with E-state index in [1.54, 1.807) is 13.8 Å². The predicted molar refractivity (Wildman–Crippen MR) is 138 cm³/mol. The summed E-state index contributed by atoms with van der Waals surface area (Å²) in [5.74, 6) is -0.0382. The lowest BCUT2D eigenvalue weighted by molar-refractivity contribution is -0.0707. The minimum absolute atomic E-state index is 0.161. The molecule has 0 saturated carbocycles. The molecule has 0 bridgehead atoms. The Balaban J connectivity index is 1.45. The molecule has 1 saturated heterocycles. The summed E-state index contributed by atoms with van der Waals surface area (Å²) in [6, 6.07) is 11.7. The van der Waals surface area contributed by atoms with E-state index in [1.165, 1.54) is 6.26 Å². The monoisotopic (exact) mass is 488 g/mol. The Labute approximate surface area is 210 Å². The highest BCUT2D eigenvalue weighted by Crippen LogP contribution is 2.35. The number of anilines is 1. The molecule has 2 aromatic heterocycles. The summed E-state index contributed by atoms with van der Waals surface area (Å²) < 4.78 is 13.4. The number of aryl methyl sites for hydroxylation is 1. The normalized spacial score (nSPS) is 17.9. The zero-order chi connectivity index (χ0) is 25.7. The van der Waals surface area contributed by atoms with Gasteiger partial charge < -0.3 is 19.6 Å². The molecule has 5 rings (SSSR count). The number of amides is 1. The predicted octanol–water partition coefficient (Wildman–Crippen LogP) is 5.61. The maximum absolute atomic E-state index is 13.1. The third kappa shape index (κ3) is 4.92. The quantitative estimate of drug-likeness (QED) is 0.379. The summed E-state index contributed by atoms with van der Waals surface area (Å²) >= 11 is 0. The van der Waals surface area contributed by atoms with Gasteiger partial charge in [-0.25, -0.2) is 4.98 Å². The zero-order valence-electron chi connectivity index (χ0n) is 21.3. The van der Waals surface area contributed by atoms with E-state index in [1.807, 2.05) is 54.2 Å². The van der Waals surface area contributed by atoms with Crippen LogP contribution in [0.3, 0.4) is 0 Å². The van der Waals surface area contributed by atoms with Gasteiger partial charge in [0.25, 0.3) is 5.91 Å². The molecule has 4 aromatic rings. The SMILES string of the molecule is Cc1cccc(-c2nc(C(=O)Nc3cc4cn(C5CCOC(C)(C)C5)nc4cc3C(C)(C)O)co2)c1. The first kappa shape index (κ1) is 24.2. The maximum atomic E-state index is 13.1. The standard InChI is InChI=1S/C28H32N4O4/c1-17-7-6-8-18(11-17)26-30-24(16-35-26)25(33)29-23-12-19-15-32(20-9-10-36-27(2,3)14-20)31-22(19)13-21(23)28(4,5)34/h6-8,11-13,15-16,20,34H,9-10,14H2,1-5H3,(H,29,33). The van der Waals surface area contributed by atoms with Crippen LogP contribution in [0.1, 0.15) is 68.2 Å². The molecule has 188 valence electrons. The van der Waals surface area contributed by atoms with Crippen molar-refractivity contribution in [2.45, 2.75) is 64.7 Å². The second-order valence-electron chi connectivity index (χ2n) is 10.7. The minimum atomic E-state index is -1.20. The van der Waals surface area contributed by atoms with Gasteiger partial charge >= 0.3 is 0 Å². The molecule has 3 heterocycles. The highest BCUT2D eigenvalue weighted by Gasteiger charge is 2.31. The van der Waals surface area contributed by atoms with E-state index in [9.17, 15) is 9.90 Å². The second-order valence-corrected chi connectivity index (χ2v) is 10.7. The third-order valence-corrected chi connectivity index (χ3v) is 6.62. The van der Waals surface area contributed by atoms with Gasteiger partial charge in [-0.2, -0.15) is 5.10 Å². The molecule has 2 N–H and O–H groups in total. The van der Waals surface area contributed by atoms with Gasteiger partial charge in [-0.3, -0.25) is 9.48 Å². The van der Waals surface area contributed by atoms with Crippen molar-refractivity contribution >= 4 is 22.5 Å². The summed E-state index contributed by atoms with van der Waals surface area (Å²) in [7, 11) is 0. The molecular formula is C28H32N4O4. The van der Waals surface area contributed by atoms with E-state index in [2.05, 4.69) is 24.1 Å². The van der Waals surface area contributed by atoms with Crippen LogP contribution < -0.4 is 5.32 Å². The van der Waals surface area contributed by atoms with Crippen molar-refractivity contribution in [1.82, 2.24) is 14.8 Å². The van der Waals surface area contributed by atoms with Crippen molar-refractivity contribution < 1.29 is 19.1 Å². The van der Waals surface area contributed by atoms with Crippen LogP contribution in [0.4, 0.5) is 5.69 Å². The fourth-order valence-electron chi connectivity index (χ4n) is 4.79. The first-order valence-electron chi connectivity index (χ1n) is 12.2. The summed E-state index contributed by atoms with van der Waals surface area (Å²) in [5, 5.41) is 19.5. The van der Waals surface area contributed by atoms with Crippen molar-refractivity contribution in [3.63, 3.8) is 0 Å². The number of aromatic nitrogens is 3. The minimum Gasteiger partial charge on any atom is -0.444 e. The molecule has 1 aliphatic rings. The number of benzene rings is 2. The Morgan fingerprint density at radius 1 is 1.25 bits per heavy atom. The number of ether oxygens (including phenoxy) is 1. The van der Waals surface area contributed by atoms with E-state index >= 15 is 0 Å². The van der Waals surface area contributed by atoms with Crippen molar-refractivity contribution in [1.29, 1.82) is 0 Å². The number of hydrogen-bond acceptors (Lipinski definition) is 6. The second kappa shape index (κ2) is 8.87. The van der Waals surface area contributed by atoms with Crippen molar-refractivity contribution in [2.24, 2.45) is 0 Å². The Kier molecular flexibility index (Phi) is 5.97. The average Bonchev–Trinajstić information content (AvgIpc) is 3.45. The molecule has 36 heavy (non-hydrogen) atoms. The molecule has 0 radical (unpaired) electrons. The Morgan fingerprint density at radius 2 is 2.06 bits per heavy atom. The Morgan fingerprint density at radius 3 is 2.78 bits per heavy atom. The lowest BCUT2D eigenvalue weighted by Gasteiger charge is -2.35. The number of carbonyl (C=O) groups excluding carboxylic acids is 1. The Bertz CT molecular complexity index is 1430. The molecule has 0 aliphatic carbocycles. The molecular weight excluding hydrogens is 456 g/mol. The van der Waals surface area contributed by atoms with Gasteiger partial charge in [-0.1, -0.05) is 17.7 Å². The Hall–Kier alpha value is -3.49. The van der Waals surface area contributed by atoms with Crippen LogP contribution in [-0.4, -0.2) is 38.0 Å². The van der Waals surface area contributed by atoms with Gasteiger partial charge in [0.15, 0.2) is 5.69 Å². The van der Waals surface area contributed by atoms with Crippen LogP contribution in [-0.2, 0) is 10.3 Å². The van der Waals surface area contributed by atoms with Crippen molar-refractivity contribution in [2.75, 3.05) is 11.9 Å². The van der Waals surface area contributed by atoms with Crippen molar-refractivity contribution in [3.8, 4) is 11.5 Å². The number of aliphatic hydroxyl groups is 1. The first-order chi connectivity index (χ1) is 17.0. The average molecular weight is 489 g/mol. The summed E-state index contributed by atoms with van der Waals surface area (Å²) in [5.41, 5.74) is 2.48. The van der Waals surface area contributed by atoms with Crippen LogP contribution >= 0.6 is 0 Å². The van der Waals surface area contributed by atoms with Gasteiger partial charge in [-0.05, 0) is 71.7 Å². The molecule has 1 amide bonds. The fourth-order valence-corrected chi connectivity index (χ4v) is 4.79. The number of rotatable bonds is 5. The smallest absolute Gasteiger partial charge is 0.277 e. The van der Waals surface area contributed by atoms with E-state index < -0.39 is 11.5 Å². The number of nitrogens with zero attached hydrogens (tertiary/aromatic N) is 3. The van der Waals surface area contributed by atoms with Gasteiger partial charge in [0.1, 0.15) is 6.26 Å². The van der Waals surface area contributed by atoms with Gasteiger partial charge in [-0.15, -0.1) is 0 Å². The molecule has 2 aromatic carbocycles. The molecule has 1 atom stereocenters. The van der Waals surface area contributed by atoms with Crippen LogP contribution in [0, 0.1) is 6.92 Å². The largest absolute Gasteiger partial charge is 0.444 e. The molecule has 1 unspecified atom stereocenters. The number of oxazole rings is 1. The highest BCUT2D eigenvalue weighted by atomic mass is 16.5. The molecule has 8 heteroatoms. The van der Waals surface area contributed by atoms with Gasteiger partial charge in [0.05, 0.1) is 22.8 Å². The van der Waals surface area contributed by atoms with Gasteiger partial charge in [0.2, 0.25) is 5.89 Å². The summed E-state index contributed by atoms with van der Waals surface area (Å²) in [6.07, 6.45) is 5.09. The number of fused-ring (bicyclic) bond motifs is 1. The van der Waals surface area contributed by atoms with E-state index in [4.69, 9.17) is 14.3 Å². The topological polar surface area (TPSA) is 102 Å². The van der Waals surface area contributed by atoms with Crippen LogP contribution in [0.25, 0.3) is 22.4 Å². The number of nitrogens with one attached hydrogen (secondary N) is 1. The zero-order valence-corrected chi connectivity index (χ0v) is 21.3. The molecule has 1 aliphatic heterocycles. The van der Waals surface area contributed by atoms with Crippen LogP contribution in [0.15, 0.2) is 53.3 Å². The van der Waals surface area contributed by atoms with Crippen LogP contribution in [0.5, 0.6) is 0 Å². The summed E-state index contributed by atoms with van der Waals surface area (Å²) in [6.45, 7) is 10.2. The van der Waals surface area contributed by atoms with E-state index in [-0.39, 0.29) is 17.3 Å². The van der Waals surface area contributed by atoms with Gasteiger partial charge in [0, 0.05) is 35.0 Å². The molecule has 1 fully saturated rings. The number of hydrogen-bond donors (Lipinski definition) is 2. The third-order valence-electron chi connectivity index (χ3n) is 6.62. The lowest BCUT2D eigenvalue weighted by atomic mass is 9.94. The fraction of sp³-hybridized carbons (Fsp3) is 0.393. The van der Waals surface area contributed by atoms with Crippen molar-refractivity contribution in [3.05, 3.63) is 65.7 Å². The number of carbonyl (C=O) groups is 1. The first-order valence-corrected chi connectivity index (χ1v) is 12.2. The maximum Gasteiger partial charge on any atom is 0.277 e. The van der Waals surface area contributed by atoms with E-state index in [0.717, 1.165) is 34.9 Å².